The Kier molecular flexibility index (Phi) is 11.8. The molecule has 2 aromatic carbocycles. The van der Waals surface area contributed by atoms with Gasteiger partial charge >= 0.3 is 0 Å². The average Bonchev–Trinajstić information content (AvgIpc) is 3.00. The Labute approximate surface area is 247 Å². The minimum absolute atomic E-state index is 0.00467. The number of hydrogen-bond donors (Lipinski definition) is 1. The molecule has 1 fully saturated rings. The van der Waals surface area contributed by atoms with Crippen molar-refractivity contribution in [2.24, 2.45) is 5.73 Å². The molecule has 13 heteroatoms. The van der Waals surface area contributed by atoms with Crippen molar-refractivity contribution in [2.75, 3.05) is 83.9 Å². The van der Waals surface area contributed by atoms with E-state index in [0.29, 0.717) is 77.0 Å². The number of aromatic nitrogens is 2. The number of halogens is 3. The Morgan fingerprint density at radius 2 is 1.64 bits per heavy atom. The minimum Gasteiger partial charge on any atom is -0.490 e. The lowest BCUT2D eigenvalue weighted by Crippen LogP contribution is -2.48. The number of ether oxygens (including phenoxy) is 4. The summed E-state index contributed by atoms with van der Waals surface area (Å²) < 4.78 is 53.1. The fraction of sp³-hybridized carbons (Fsp3) is 0.414. The summed E-state index contributed by atoms with van der Waals surface area (Å²) in [5.41, 5.74) is 5.08. The van der Waals surface area contributed by atoms with Crippen molar-refractivity contribution in [3.63, 3.8) is 0 Å². The van der Waals surface area contributed by atoms with Crippen molar-refractivity contribution in [1.82, 2.24) is 14.9 Å². The zero-order valence-corrected chi connectivity index (χ0v) is 24.0. The maximum absolute atomic E-state index is 16.1. The highest BCUT2D eigenvalue weighted by molar-refractivity contribution is 6.34. The molecular weight excluding hydrogens is 572 g/mol. The largest absolute Gasteiger partial charge is 0.490 e. The predicted octanol–water partition coefficient (Wildman–Crippen LogP) is 3.45. The number of hydrogen-bond acceptors (Lipinski definition) is 9. The second-order valence-electron chi connectivity index (χ2n) is 9.24. The normalized spacial score (nSPS) is 13.5. The lowest BCUT2D eigenvalue weighted by atomic mass is 10.0. The van der Waals surface area contributed by atoms with Gasteiger partial charge in [-0.15, -0.1) is 0 Å². The van der Waals surface area contributed by atoms with Crippen molar-refractivity contribution in [3.8, 4) is 16.9 Å². The Morgan fingerprint density at radius 1 is 0.976 bits per heavy atom. The van der Waals surface area contributed by atoms with Crippen LogP contribution in [0.4, 0.5) is 14.6 Å². The predicted molar refractivity (Wildman–Crippen MR) is 156 cm³/mol. The molecule has 4 rings (SSSR count). The molecule has 0 saturated carbocycles. The van der Waals surface area contributed by atoms with E-state index in [1.165, 1.54) is 36.7 Å². The molecule has 0 unspecified atom stereocenters. The van der Waals surface area contributed by atoms with Gasteiger partial charge in [-0.3, -0.25) is 4.79 Å². The third-order valence-corrected chi connectivity index (χ3v) is 6.88. The van der Waals surface area contributed by atoms with Crippen LogP contribution in [0, 0.1) is 11.6 Å². The number of fused-ring (bicyclic) bond motifs is 1. The molecule has 0 atom stereocenters. The fourth-order valence-corrected chi connectivity index (χ4v) is 4.85. The van der Waals surface area contributed by atoms with Gasteiger partial charge in [0.25, 0.3) is 0 Å². The molecule has 2 heterocycles. The maximum atomic E-state index is 16.1. The van der Waals surface area contributed by atoms with E-state index in [1.54, 1.807) is 4.90 Å². The van der Waals surface area contributed by atoms with Crippen LogP contribution in [0.3, 0.4) is 0 Å². The van der Waals surface area contributed by atoms with Crippen LogP contribution in [0.25, 0.3) is 22.0 Å². The highest BCUT2D eigenvalue weighted by Gasteiger charge is 2.26. The summed E-state index contributed by atoms with van der Waals surface area (Å²) in [5, 5.41) is 0.364. The van der Waals surface area contributed by atoms with E-state index in [4.69, 9.17) is 36.3 Å². The topological polar surface area (TPSA) is 112 Å². The van der Waals surface area contributed by atoms with Gasteiger partial charge in [0.1, 0.15) is 35.8 Å². The third-order valence-electron chi connectivity index (χ3n) is 6.58. The lowest BCUT2D eigenvalue weighted by Gasteiger charge is -2.35. The van der Waals surface area contributed by atoms with Gasteiger partial charge in [-0.05, 0) is 24.3 Å². The Balaban J connectivity index is 1.45. The quantitative estimate of drug-likeness (QED) is 0.206. The lowest BCUT2D eigenvalue weighted by molar-refractivity contribution is -0.126. The monoisotopic (exact) mass is 605 g/mol. The van der Waals surface area contributed by atoms with Gasteiger partial charge in [0.05, 0.1) is 50.2 Å². The first kappa shape index (κ1) is 31.5. The molecule has 1 amide bonds. The Hall–Kier alpha value is -3.42. The minimum atomic E-state index is -0.791. The first-order valence-electron chi connectivity index (χ1n) is 13.6. The molecule has 0 spiro atoms. The smallest absolute Gasteiger partial charge is 0.246 e. The second-order valence-corrected chi connectivity index (χ2v) is 9.65. The van der Waals surface area contributed by atoms with Crippen molar-refractivity contribution < 1.29 is 32.5 Å². The van der Waals surface area contributed by atoms with Crippen LogP contribution in [-0.4, -0.2) is 99.7 Å². The maximum Gasteiger partial charge on any atom is 0.246 e. The average molecular weight is 606 g/mol. The van der Waals surface area contributed by atoms with Crippen LogP contribution in [0.1, 0.15) is 0 Å². The summed E-state index contributed by atoms with van der Waals surface area (Å²) in [6, 6.07) is 5.76. The zero-order valence-electron chi connectivity index (χ0n) is 23.2. The first-order valence-corrected chi connectivity index (χ1v) is 14.0. The van der Waals surface area contributed by atoms with Crippen LogP contribution in [0.5, 0.6) is 5.75 Å². The molecule has 1 aromatic heterocycles. The highest BCUT2D eigenvalue weighted by atomic mass is 35.5. The number of piperazine rings is 1. The highest BCUT2D eigenvalue weighted by Crippen LogP contribution is 2.42. The molecule has 2 N–H and O–H groups in total. The van der Waals surface area contributed by atoms with Gasteiger partial charge in [-0.1, -0.05) is 24.2 Å². The first-order chi connectivity index (χ1) is 20.5. The molecular formula is C29H34ClF2N5O5. The number of amides is 1. The second kappa shape index (κ2) is 15.7. The van der Waals surface area contributed by atoms with Gasteiger partial charge in [0.2, 0.25) is 5.91 Å². The molecule has 1 saturated heterocycles. The van der Waals surface area contributed by atoms with Crippen molar-refractivity contribution in [2.45, 2.75) is 0 Å². The number of anilines is 1. The SMILES string of the molecule is C=CC(=O)N1CCN(c2ncnc3c(F)c(-c4c(F)cccc4OCCOCCOCCOCCN)c(Cl)cc23)CC1. The molecule has 0 radical (unpaired) electrons. The molecule has 0 bridgehead atoms. The van der Waals surface area contributed by atoms with E-state index in [0.717, 1.165) is 0 Å². The molecule has 3 aromatic rings. The van der Waals surface area contributed by atoms with E-state index in [9.17, 15) is 4.79 Å². The van der Waals surface area contributed by atoms with Crippen LogP contribution in [0.2, 0.25) is 5.02 Å². The number of nitrogens with two attached hydrogens (primary N) is 1. The molecule has 1 aliphatic heterocycles. The number of rotatable bonds is 15. The van der Waals surface area contributed by atoms with Crippen LogP contribution < -0.4 is 15.4 Å². The van der Waals surface area contributed by atoms with Gasteiger partial charge in [0.15, 0.2) is 5.82 Å². The van der Waals surface area contributed by atoms with Crippen LogP contribution >= 0.6 is 11.6 Å². The van der Waals surface area contributed by atoms with Crippen molar-refractivity contribution in [1.29, 1.82) is 0 Å². The zero-order chi connectivity index (χ0) is 29.9. The molecule has 1 aliphatic rings. The number of carbonyl (C=O) groups excluding carboxylic acids is 1. The summed E-state index contributed by atoms with van der Waals surface area (Å²) in [7, 11) is 0. The van der Waals surface area contributed by atoms with Gasteiger partial charge in [-0.2, -0.15) is 0 Å². The van der Waals surface area contributed by atoms with Crippen LogP contribution in [-0.2, 0) is 19.0 Å². The van der Waals surface area contributed by atoms with Gasteiger partial charge in [0, 0.05) is 43.7 Å². The Bertz CT molecular complexity index is 1370. The van der Waals surface area contributed by atoms with Crippen molar-refractivity contribution >= 4 is 34.2 Å². The summed E-state index contributed by atoms with van der Waals surface area (Å²) in [4.78, 5) is 24.1. The van der Waals surface area contributed by atoms with Gasteiger partial charge < -0.3 is 34.5 Å². The third kappa shape index (κ3) is 7.69. The van der Waals surface area contributed by atoms with Crippen molar-refractivity contribution in [3.05, 3.63) is 59.9 Å². The van der Waals surface area contributed by atoms with E-state index in [1.807, 2.05) is 4.90 Å². The molecule has 42 heavy (non-hydrogen) atoms. The summed E-state index contributed by atoms with van der Waals surface area (Å²) in [6.45, 7) is 8.27. The standard InChI is InChI=1S/C29H34ClF2N5O5/c1-2-24(38)36-7-9-37(10-8-36)29-20-18-21(30)25(27(32)28(20)34-19-35-29)26-22(31)4-3-5-23(26)42-17-16-41-15-14-40-13-12-39-11-6-33/h2-5,18-19H,1,6-17,33H2. The molecule has 0 aliphatic carbocycles. The fourth-order valence-electron chi connectivity index (χ4n) is 4.57. The van der Waals surface area contributed by atoms with E-state index in [2.05, 4.69) is 16.5 Å². The van der Waals surface area contributed by atoms with E-state index >= 15 is 8.78 Å². The number of nitrogens with zero attached hydrogens (tertiary/aromatic N) is 4. The summed E-state index contributed by atoms with van der Waals surface area (Å²) in [6.07, 6.45) is 2.53. The van der Waals surface area contributed by atoms with Crippen LogP contribution in [0.15, 0.2) is 43.2 Å². The summed E-state index contributed by atoms with van der Waals surface area (Å²) >= 11 is 6.60. The Morgan fingerprint density at radius 3 is 2.31 bits per heavy atom. The summed E-state index contributed by atoms with van der Waals surface area (Å²) in [5.74, 6) is -1.04. The molecule has 10 nitrogen and oxygen atoms in total. The molecule has 226 valence electrons. The van der Waals surface area contributed by atoms with E-state index in [-0.39, 0.29) is 46.5 Å². The number of benzene rings is 2. The van der Waals surface area contributed by atoms with E-state index < -0.39 is 11.6 Å². The number of carbonyl (C=O) groups is 1. The van der Waals surface area contributed by atoms with Gasteiger partial charge in [-0.25, -0.2) is 18.7 Å².